The van der Waals surface area contributed by atoms with E-state index in [9.17, 15) is 13.2 Å². The minimum atomic E-state index is -4.38. The first kappa shape index (κ1) is 14.5. The topological polar surface area (TPSA) is 25.2 Å². The second kappa shape index (κ2) is 5.63. The molecule has 0 radical (unpaired) electrons. The molecule has 1 aromatic carbocycles. The molecule has 0 bridgehead atoms. The van der Waals surface area contributed by atoms with E-state index in [1.165, 1.54) is 24.7 Å². The third-order valence-electron chi connectivity index (χ3n) is 2.68. The molecule has 0 fully saturated rings. The summed E-state index contributed by atoms with van der Waals surface area (Å²) < 4.78 is 37.9. The minimum absolute atomic E-state index is 0.257. The van der Waals surface area contributed by atoms with E-state index in [0.717, 1.165) is 12.1 Å². The van der Waals surface area contributed by atoms with Crippen LogP contribution in [0.5, 0.6) is 0 Å². The van der Waals surface area contributed by atoms with Gasteiger partial charge in [0.15, 0.2) is 0 Å². The van der Waals surface area contributed by atoms with E-state index in [1.807, 2.05) is 0 Å². The van der Waals surface area contributed by atoms with E-state index in [-0.39, 0.29) is 5.69 Å². The normalized spacial score (nSPS) is 12.1. The lowest BCUT2D eigenvalue weighted by Crippen LogP contribution is -2.04. The van der Waals surface area contributed by atoms with Gasteiger partial charge in [0.05, 0.1) is 16.3 Å². The first-order valence-corrected chi connectivity index (χ1v) is 6.07. The Morgan fingerprint density at radius 2 is 2.00 bits per heavy atom. The van der Waals surface area contributed by atoms with Gasteiger partial charge in [0.25, 0.3) is 0 Å². The number of halogens is 4. The molecule has 0 spiro atoms. The van der Waals surface area contributed by atoms with Crippen LogP contribution in [0.15, 0.2) is 41.7 Å². The Bertz CT molecular complexity index is 651. The maximum absolute atomic E-state index is 12.6. The number of aliphatic imine (C=N–C) groups is 1. The van der Waals surface area contributed by atoms with Crippen LogP contribution in [0.25, 0.3) is 0 Å². The average molecular weight is 299 g/mol. The summed E-state index contributed by atoms with van der Waals surface area (Å²) in [5, 5.41) is 0.390. The molecule has 0 aliphatic rings. The second-order valence-electron chi connectivity index (χ2n) is 4.15. The Hall–Kier alpha value is -1.88. The van der Waals surface area contributed by atoms with Crippen molar-refractivity contribution in [2.24, 2.45) is 4.99 Å². The van der Waals surface area contributed by atoms with E-state index in [0.29, 0.717) is 16.1 Å². The summed E-state index contributed by atoms with van der Waals surface area (Å²) >= 11 is 5.90. The van der Waals surface area contributed by atoms with Gasteiger partial charge >= 0.3 is 6.18 Å². The van der Waals surface area contributed by atoms with E-state index < -0.39 is 11.7 Å². The lowest BCUT2D eigenvalue weighted by molar-refractivity contribution is -0.137. The lowest BCUT2D eigenvalue weighted by atomic mass is 10.1. The zero-order chi connectivity index (χ0) is 14.8. The summed E-state index contributed by atoms with van der Waals surface area (Å²) in [7, 11) is 0. The third-order valence-corrected chi connectivity index (χ3v) is 3.00. The van der Waals surface area contributed by atoms with Gasteiger partial charge in [0.1, 0.15) is 0 Å². The molecule has 0 amide bonds. The van der Waals surface area contributed by atoms with E-state index in [2.05, 4.69) is 9.98 Å². The minimum Gasteiger partial charge on any atom is -0.263 e. The van der Waals surface area contributed by atoms with Crippen LogP contribution in [-0.2, 0) is 6.18 Å². The van der Waals surface area contributed by atoms with Crippen LogP contribution in [0.1, 0.15) is 16.7 Å². The molecule has 104 valence electrons. The molecule has 2 aromatic rings. The van der Waals surface area contributed by atoms with Gasteiger partial charge in [0.2, 0.25) is 0 Å². The summed E-state index contributed by atoms with van der Waals surface area (Å²) in [6.45, 7) is 1.70. The van der Waals surface area contributed by atoms with Crippen LogP contribution in [-0.4, -0.2) is 11.2 Å². The van der Waals surface area contributed by atoms with Crippen molar-refractivity contribution >= 4 is 23.5 Å². The highest BCUT2D eigenvalue weighted by Gasteiger charge is 2.30. The lowest BCUT2D eigenvalue weighted by Gasteiger charge is -2.08. The number of hydrogen-bond donors (Lipinski definition) is 0. The van der Waals surface area contributed by atoms with E-state index >= 15 is 0 Å². The second-order valence-corrected chi connectivity index (χ2v) is 4.56. The molecule has 0 aliphatic carbocycles. The number of aryl methyl sites for hydroxylation is 1. The molecule has 0 saturated heterocycles. The van der Waals surface area contributed by atoms with Crippen molar-refractivity contribution in [2.45, 2.75) is 13.1 Å². The van der Waals surface area contributed by atoms with Gasteiger partial charge in [-0.15, -0.1) is 0 Å². The number of benzene rings is 1. The number of rotatable bonds is 2. The molecule has 6 heteroatoms. The van der Waals surface area contributed by atoms with Gasteiger partial charge < -0.3 is 0 Å². The van der Waals surface area contributed by atoms with Crippen LogP contribution in [0.4, 0.5) is 18.9 Å². The number of hydrogen-bond acceptors (Lipinski definition) is 2. The molecule has 2 rings (SSSR count). The molecule has 0 saturated carbocycles. The van der Waals surface area contributed by atoms with Crippen LogP contribution in [0.3, 0.4) is 0 Å². The molecule has 0 aliphatic heterocycles. The predicted molar refractivity (Wildman–Crippen MR) is 72.7 cm³/mol. The Kier molecular flexibility index (Phi) is 4.09. The number of aromatic nitrogens is 1. The monoisotopic (exact) mass is 298 g/mol. The Morgan fingerprint density at radius 1 is 1.25 bits per heavy atom. The zero-order valence-corrected chi connectivity index (χ0v) is 11.2. The molecular weight excluding hydrogens is 289 g/mol. The SMILES string of the molecule is Cc1ccc(C(F)(F)F)cc1/N=C/c1ccncc1Cl. The third kappa shape index (κ3) is 3.36. The standard InChI is InChI=1S/C14H10ClF3N2/c1-9-2-3-11(14(16,17)18)6-13(9)20-7-10-4-5-19-8-12(10)15/h2-8H,1H3/b20-7+. The van der Waals surface area contributed by atoms with E-state index in [4.69, 9.17) is 11.6 Å². The molecular formula is C14H10ClF3N2. The Labute approximate surface area is 118 Å². The summed E-state index contributed by atoms with van der Waals surface area (Å²) in [6.07, 6.45) is 0.0207. The number of nitrogens with zero attached hydrogens (tertiary/aromatic N) is 2. The van der Waals surface area contributed by atoms with Crippen LogP contribution in [0.2, 0.25) is 5.02 Å². The smallest absolute Gasteiger partial charge is 0.263 e. The number of pyridine rings is 1. The van der Waals surface area contributed by atoms with Crippen LogP contribution >= 0.6 is 11.6 Å². The fourth-order valence-electron chi connectivity index (χ4n) is 1.55. The molecule has 1 heterocycles. The maximum atomic E-state index is 12.6. The van der Waals surface area contributed by atoms with Gasteiger partial charge in [-0.25, -0.2) is 0 Å². The molecule has 1 aromatic heterocycles. The highest BCUT2D eigenvalue weighted by atomic mass is 35.5. The van der Waals surface area contributed by atoms with Crippen molar-refractivity contribution in [3.05, 3.63) is 58.4 Å². The van der Waals surface area contributed by atoms with Gasteiger partial charge in [-0.1, -0.05) is 17.7 Å². The Morgan fingerprint density at radius 3 is 2.65 bits per heavy atom. The summed E-state index contributed by atoms with van der Waals surface area (Å²) in [6, 6.07) is 5.08. The molecule has 20 heavy (non-hydrogen) atoms. The highest BCUT2D eigenvalue weighted by Crippen LogP contribution is 2.33. The molecule has 0 atom stereocenters. The first-order valence-electron chi connectivity index (χ1n) is 5.69. The quantitative estimate of drug-likeness (QED) is 0.730. The molecule has 2 nitrogen and oxygen atoms in total. The van der Waals surface area contributed by atoms with Gasteiger partial charge in [0, 0.05) is 24.2 Å². The van der Waals surface area contributed by atoms with Crippen LogP contribution < -0.4 is 0 Å². The maximum Gasteiger partial charge on any atom is 0.416 e. The van der Waals surface area contributed by atoms with Crippen LogP contribution in [0, 0.1) is 6.92 Å². The summed E-state index contributed by atoms with van der Waals surface area (Å²) in [4.78, 5) is 7.90. The summed E-state index contributed by atoms with van der Waals surface area (Å²) in [5.41, 5.74) is 0.779. The van der Waals surface area contributed by atoms with Crippen molar-refractivity contribution in [3.63, 3.8) is 0 Å². The van der Waals surface area contributed by atoms with E-state index in [1.54, 1.807) is 13.0 Å². The van der Waals surface area contributed by atoms with Gasteiger partial charge in [-0.3, -0.25) is 9.98 Å². The fourth-order valence-corrected chi connectivity index (χ4v) is 1.72. The first-order chi connectivity index (χ1) is 9.38. The predicted octanol–water partition coefficient (Wildman–Crippen LogP) is 4.81. The fraction of sp³-hybridized carbons (Fsp3) is 0.143. The highest BCUT2D eigenvalue weighted by molar-refractivity contribution is 6.32. The van der Waals surface area contributed by atoms with Gasteiger partial charge in [-0.05, 0) is 30.7 Å². The van der Waals surface area contributed by atoms with Crippen molar-refractivity contribution in [3.8, 4) is 0 Å². The molecule has 0 N–H and O–H groups in total. The van der Waals surface area contributed by atoms with Crippen molar-refractivity contribution < 1.29 is 13.2 Å². The Balaban J connectivity index is 2.36. The number of alkyl halides is 3. The summed E-state index contributed by atoms with van der Waals surface area (Å²) in [5.74, 6) is 0. The van der Waals surface area contributed by atoms with Crippen molar-refractivity contribution in [1.82, 2.24) is 4.98 Å². The van der Waals surface area contributed by atoms with Crippen molar-refractivity contribution in [1.29, 1.82) is 0 Å². The zero-order valence-electron chi connectivity index (χ0n) is 10.4. The largest absolute Gasteiger partial charge is 0.416 e. The van der Waals surface area contributed by atoms with Gasteiger partial charge in [-0.2, -0.15) is 13.2 Å². The molecule has 0 unspecified atom stereocenters. The van der Waals surface area contributed by atoms with Crippen molar-refractivity contribution in [2.75, 3.05) is 0 Å². The average Bonchev–Trinajstić information content (AvgIpc) is 2.38.